The SMILES string of the molecule is C[C@H]1CN(Cc2ccc(N3CCCC3)cc2C(F)(F)F)CCN1C(=O)n1ccc(C(O)O)n1. The second-order valence-corrected chi connectivity index (χ2v) is 8.65. The molecule has 1 aromatic carbocycles. The van der Waals surface area contributed by atoms with Gasteiger partial charge in [0.1, 0.15) is 5.69 Å². The van der Waals surface area contributed by atoms with Crippen molar-refractivity contribution in [2.24, 2.45) is 0 Å². The van der Waals surface area contributed by atoms with Gasteiger partial charge in [0.05, 0.1) is 5.56 Å². The summed E-state index contributed by atoms with van der Waals surface area (Å²) in [6.07, 6.45) is -2.88. The van der Waals surface area contributed by atoms with E-state index in [1.165, 1.54) is 18.3 Å². The van der Waals surface area contributed by atoms with E-state index in [0.717, 1.165) is 30.6 Å². The van der Waals surface area contributed by atoms with Gasteiger partial charge in [-0.2, -0.15) is 23.0 Å². The van der Waals surface area contributed by atoms with E-state index in [1.807, 2.05) is 16.7 Å². The number of halogens is 3. The van der Waals surface area contributed by atoms with E-state index in [1.54, 1.807) is 17.0 Å². The van der Waals surface area contributed by atoms with Gasteiger partial charge in [0.2, 0.25) is 0 Å². The number of nitrogens with zero attached hydrogens (tertiary/aromatic N) is 5. The van der Waals surface area contributed by atoms with Crippen LogP contribution in [0, 0.1) is 0 Å². The molecule has 11 heteroatoms. The second kappa shape index (κ2) is 9.32. The number of aromatic nitrogens is 2. The third kappa shape index (κ3) is 5.15. The van der Waals surface area contributed by atoms with Gasteiger partial charge in [-0.1, -0.05) is 6.07 Å². The first-order chi connectivity index (χ1) is 15.6. The van der Waals surface area contributed by atoms with Gasteiger partial charge in [-0.3, -0.25) is 4.90 Å². The van der Waals surface area contributed by atoms with Crippen LogP contribution in [0.2, 0.25) is 0 Å². The van der Waals surface area contributed by atoms with Crippen molar-refractivity contribution in [3.63, 3.8) is 0 Å². The van der Waals surface area contributed by atoms with Crippen LogP contribution in [0.25, 0.3) is 0 Å². The fraction of sp³-hybridized carbons (Fsp3) is 0.545. The smallest absolute Gasteiger partial charge is 0.372 e. The number of aliphatic hydroxyl groups is 2. The fourth-order valence-electron chi connectivity index (χ4n) is 4.55. The highest BCUT2D eigenvalue weighted by Gasteiger charge is 2.36. The molecule has 1 aromatic heterocycles. The van der Waals surface area contributed by atoms with Gasteiger partial charge in [0.25, 0.3) is 0 Å². The van der Waals surface area contributed by atoms with Gasteiger partial charge in [0, 0.05) is 57.2 Å². The van der Waals surface area contributed by atoms with Crippen molar-refractivity contribution in [3.05, 3.63) is 47.3 Å². The van der Waals surface area contributed by atoms with E-state index in [0.29, 0.717) is 25.3 Å². The molecule has 1 amide bonds. The Morgan fingerprint density at radius 2 is 1.88 bits per heavy atom. The number of hydrogen-bond acceptors (Lipinski definition) is 6. The zero-order valence-corrected chi connectivity index (χ0v) is 18.4. The molecule has 2 N–H and O–H groups in total. The van der Waals surface area contributed by atoms with E-state index in [2.05, 4.69) is 5.10 Å². The van der Waals surface area contributed by atoms with E-state index < -0.39 is 24.1 Å². The summed E-state index contributed by atoms with van der Waals surface area (Å²) in [5.41, 5.74) is 0.196. The Hall–Kier alpha value is -2.63. The molecule has 0 saturated carbocycles. The van der Waals surface area contributed by atoms with Crippen LogP contribution in [0.4, 0.5) is 23.7 Å². The van der Waals surface area contributed by atoms with E-state index in [4.69, 9.17) is 0 Å². The first-order valence-electron chi connectivity index (χ1n) is 11.0. The van der Waals surface area contributed by atoms with E-state index >= 15 is 0 Å². The predicted octanol–water partition coefficient (Wildman–Crippen LogP) is 2.66. The summed E-state index contributed by atoms with van der Waals surface area (Å²) < 4.78 is 42.5. The predicted molar refractivity (Wildman–Crippen MR) is 115 cm³/mol. The molecule has 0 unspecified atom stereocenters. The standard InChI is InChI=1S/C22H28F3N5O3/c1-15-13-27(10-11-29(15)21(33)30-9-6-19(26-30)20(31)32)14-16-4-5-17(28-7-2-3-8-28)12-18(16)22(23,24)25/h4-6,9,12,15,20,31-32H,2-3,7-8,10-11,13-14H2,1H3/t15-/m0/s1. The van der Waals surface area contributed by atoms with Crippen LogP contribution in [0.1, 0.15) is 42.9 Å². The number of benzene rings is 1. The Labute approximate surface area is 189 Å². The molecule has 2 aromatic rings. The lowest BCUT2D eigenvalue weighted by Gasteiger charge is -2.39. The zero-order valence-electron chi connectivity index (χ0n) is 18.4. The summed E-state index contributed by atoms with van der Waals surface area (Å²) in [6, 6.07) is 5.27. The molecule has 1 atom stereocenters. The Bertz CT molecular complexity index is 988. The molecular formula is C22H28F3N5O3. The summed E-state index contributed by atoms with van der Waals surface area (Å²) in [4.78, 5) is 18.2. The molecular weight excluding hydrogens is 439 g/mol. The van der Waals surface area contributed by atoms with Crippen LogP contribution in [0.15, 0.2) is 30.5 Å². The number of hydrogen-bond donors (Lipinski definition) is 2. The van der Waals surface area contributed by atoms with Crippen LogP contribution >= 0.6 is 0 Å². The van der Waals surface area contributed by atoms with Crippen molar-refractivity contribution < 1.29 is 28.2 Å². The van der Waals surface area contributed by atoms with Crippen LogP contribution in [0.3, 0.4) is 0 Å². The highest BCUT2D eigenvalue weighted by molar-refractivity contribution is 5.76. The van der Waals surface area contributed by atoms with Gasteiger partial charge < -0.3 is 20.0 Å². The molecule has 3 heterocycles. The number of carbonyl (C=O) groups excluding carboxylic acids is 1. The Kier molecular flexibility index (Phi) is 6.64. The third-order valence-corrected chi connectivity index (χ3v) is 6.29. The van der Waals surface area contributed by atoms with E-state index in [-0.39, 0.29) is 23.8 Å². The number of alkyl halides is 3. The summed E-state index contributed by atoms with van der Waals surface area (Å²) in [5, 5.41) is 22.2. The molecule has 4 rings (SSSR count). The van der Waals surface area contributed by atoms with Crippen molar-refractivity contribution in [1.29, 1.82) is 0 Å². The van der Waals surface area contributed by atoms with E-state index in [9.17, 15) is 28.2 Å². The first-order valence-corrected chi connectivity index (χ1v) is 11.0. The highest BCUT2D eigenvalue weighted by atomic mass is 19.4. The minimum Gasteiger partial charge on any atom is -0.372 e. The maximum Gasteiger partial charge on any atom is 0.416 e. The summed E-state index contributed by atoms with van der Waals surface area (Å²) >= 11 is 0. The van der Waals surface area contributed by atoms with Gasteiger partial charge in [-0.25, -0.2) is 4.79 Å². The Morgan fingerprint density at radius 3 is 2.48 bits per heavy atom. The molecule has 2 aliphatic heterocycles. The Morgan fingerprint density at radius 1 is 1.15 bits per heavy atom. The lowest BCUT2D eigenvalue weighted by Crippen LogP contribution is -2.54. The third-order valence-electron chi connectivity index (χ3n) is 6.29. The maximum absolute atomic E-state index is 13.8. The summed E-state index contributed by atoms with van der Waals surface area (Å²) in [6.45, 7) is 4.68. The normalized spacial score (nSPS) is 20.2. The molecule has 2 fully saturated rings. The number of aliphatic hydroxyl groups excluding tert-OH is 1. The van der Waals surface area contributed by atoms with Crippen molar-refractivity contribution >= 4 is 11.7 Å². The van der Waals surface area contributed by atoms with Crippen LogP contribution < -0.4 is 4.90 Å². The molecule has 0 radical (unpaired) electrons. The number of amides is 1. The lowest BCUT2D eigenvalue weighted by atomic mass is 10.0. The average molecular weight is 467 g/mol. The minimum absolute atomic E-state index is 0.0355. The molecule has 2 aliphatic rings. The fourth-order valence-corrected chi connectivity index (χ4v) is 4.55. The molecule has 180 valence electrons. The summed E-state index contributed by atoms with van der Waals surface area (Å²) in [5.74, 6) is 0. The van der Waals surface area contributed by atoms with Crippen LogP contribution in [0.5, 0.6) is 0 Å². The van der Waals surface area contributed by atoms with Gasteiger partial charge in [-0.15, -0.1) is 0 Å². The molecule has 2 saturated heterocycles. The number of anilines is 1. The number of carbonyl (C=O) groups is 1. The molecule has 33 heavy (non-hydrogen) atoms. The molecule has 0 spiro atoms. The van der Waals surface area contributed by atoms with Crippen molar-refractivity contribution in [1.82, 2.24) is 19.6 Å². The second-order valence-electron chi connectivity index (χ2n) is 8.65. The zero-order chi connectivity index (χ0) is 23.8. The van der Waals surface area contributed by atoms with Crippen LogP contribution in [-0.4, -0.2) is 74.6 Å². The van der Waals surface area contributed by atoms with Gasteiger partial charge in [0.15, 0.2) is 6.29 Å². The van der Waals surface area contributed by atoms with Gasteiger partial charge in [-0.05, 0) is 43.5 Å². The van der Waals surface area contributed by atoms with Crippen molar-refractivity contribution in [2.75, 3.05) is 37.6 Å². The number of piperazine rings is 1. The monoisotopic (exact) mass is 467 g/mol. The van der Waals surface area contributed by atoms with Gasteiger partial charge >= 0.3 is 12.2 Å². The topological polar surface area (TPSA) is 85.1 Å². The van der Waals surface area contributed by atoms with Crippen LogP contribution in [-0.2, 0) is 12.7 Å². The van der Waals surface area contributed by atoms with Crippen molar-refractivity contribution in [3.8, 4) is 0 Å². The Balaban J connectivity index is 1.44. The average Bonchev–Trinajstić information content (AvgIpc) is 3.45. The largest absolute Gasteiger partial charge is 0.416 e. The number of rotatable bonds is 4. The maximum atomic E-state index is 13.8. The summed E-state index contributed by atoms with van der Waals surface area (Å²) in [7, 11) is 0. The van der Waals surface area contributed by atoms with Crippen molar-refractivity contribution in [2.45, 2.75) is 44.8 Å². The quantitative estimate of drug-likeness (QED) is 0.673. The highest BCUT2D eigenvalue weighted by Crippen LogP contribution is 2.36. The lowest BCUT2D eigenvalue weighted by molar-refractivity contribution is -0.138. The molecule has 0 aliphatic carbocycles. The molecule has 0 bridgehead atoms. The minimum atomic E-state index is -4.44. The molecule has 8 nitrogen and oxygen atoms in total. The first kappa shape index (κ1) is 23.5.